The van der Waals surface area contributed by atoms with Crippen LogP contribution in [0.3, 0.4) is 0 Å². The maximum absolute atomic E-state index is 12.1. The fourth-order valence-electron chi connectivity index (χ4n) is 2.08. The lowest BCUT2D eigenvalue weighted by Crippen LogP contribution is -2.44. The van der Waals surface area contributed by atoms with Crippen LogP contribution >= 0.6 is 0 Å². The molecule has 1 rings (SSSR count). The summed E-state index contributed by atoms with van der Waals surface area (Å²) >= 11 is 0. The molecule has 1 heterocycles. The molecule has 0 atom stereocenters. The molecule has 0 aromatic rings. The van der Waals surface area contributed by atoms with Crippen LogP contribution in [0.1, 0.15) is 54.9 Å². The van der Waals surface area contributed by atoms with E-state index in [4.69, 9.17) is 14.0 Å². The number of hydrogen-bond acceptors (Lipinski definition) is 4. The van der Waals surface area contributed by atoms with Crippen molar-refractivity contribution in [1.29, 1.82) is 0 Å². The van der Waals surface area contributed by atoms with Gasteiger partial charge in [-0.1, -0.05) is 19.9 Å². The Kier molecular flexibility index (Phi) is 6.72. The van der Waals surface area contributed by atoms with E-state index in [2.05, 4.69) is 27.7 Å². The number of ether oxygens (including phenoxy) is 1. The predicted molar refractivity (Wildman–Crippen MR) is 93.3 cm³/mol. The SMILES string of the molecule is COB(OC(C)(C)C(C)C)C1=CCN(C(=O)OC(C)(C)C)CC1. The van der Waals surface area contributed by atoms with Gasteiger partial charge in [0.15, 0.2) is 0 Å². The third-order valence-corrected chi connectivity index (χ3v) is 4.21. The topological polar surface area (TPSA) is 48.0 Å². The van der Waals surface area contributed by atoms with Crippen molar-refractivity contribution in [1.82, 2.24) is 4.90 Å². The molecule has 0 radical (unpaired) electrons. The van der Waals surface area contributed by atoms with Gasteiger partial charge in [-0.05, 0) is 52.4 Å². The molecule has 6 heteroatoms. The van der Waals surface area contributed by atoms with E-state index >= 15 is 0 Å². The summed E-state index contributed by atoms with van der Waals surface area (Å²) in [7, 11) is 1.29. The number of rotatable bonds is 5. The van der Waals surface area contributed by atoms with E-state index in [1.54, 1.807) is 12.0 Å². The van der Waals surface area contributed by atoms with Gasteiger partial charge in [0, 0.05) is 20.2 Å². The highest BCUT2D eigenvalue weighted by Gasteiger charge is 2.35. The molecule has 0 N–H and O–H groups in total. The normalized spacial score (nSPS) is 16.4. The van der Waals surface area contributed by atoms with Crippen LogP contribution in [-0.2, 0) is 14.0 Å². The first-order valence-electron chi connectivity index (χ1n) is 8.33. The van der Waals surface area contributed by atoms with Gasteiger partial charge in [0.05, 0.1) is 5.60 Å². The molecule has 5 nitrogen and oxygen atoms in total. The van der Waals surface area contributed by atoms with E-state index in [9.17, 15) is 4.79 Å². The maximum Gasteiger partial charge on any atom is 0.489 e. The number of nitrogens with zero attached hydrogens (tertiary/aromatic N) is 1. The van der Waals surface area contributed by atoms with Gasteiger partial charge in [0.1, 0.15) is 5.60 Å². The summed E-state index contributed by atoms with van der Waals surface area (Å²) in [4.78, 5) is 13.8. The Morgan fingerprint density at radius 3 is 2.26 bits per heavy atom. The maximum atomic E-state index is 12.1. The van der Waals surface area contributed by atoms with Crippen molar-refractivity contribution in [3.8, 4) is 0 Å². The fraction of sp³-hybridized carbons (Fsp3) is 0.824. The zero-order valence-electron chi connectivity index (χ0n) is 15.9. The van der Waals surface area contributed by atoms with Crippen LogP contribution in [0.5, 0.6) is 0 Å². The molecular formula is C17H32BNO4. The van der Waals surface area contributed by atoms with Crippen molar-refractivity contribution in [2.75, 3.05) is 20.2 Å². The van der Waals surface area contributed by atoms with Crippen LogP contribution < -0.4 is 0 Å². The smallest absolute Gasteiger partial charge is 0.444 e. The average Bonchev–Trinajstić information content (AvgIpc) is 2.43. The van der Waals surface area contributed by atoms with Crippen molar-refractivity contribution >= 4 is 13.2 Å². The van der Waals surface area contributed by atoms with Crippen molar-refractivity contribution in [2.45, 2.75) is 66.1 Å². The van der Waals surface area contributed by atoms with Gasteiger partial charge in [-0.3, -0.25) is 0 Å². The summed E-state index contributed by atoms with van der Waals surface area (Å²) in [6, 6.07) is 0. The van der Waals surface area contributed by atoms with Gasteiger partial charge in [0.25, 0.3) is 0 Å². The predicted octanol–water partition coefficient (Wildman–Crippen LogP) is 3.68. The summed E-state index contributed by atoms with van der Waals surface area (Å²) in [5, 5.41) is 0. The summed E-state index contributed by atoms with van der Waals surface area (Å²) in [6.45, 7) is 15.2. The third-order valence-electron chi connectivity index (χ3n) is 4.21. The highest BCUT2D eigenvalue weighted by Crippen LogP contribution is 2.25. The Hall–Kier alpha value is -1.01. The number of carbonyl (C=O) groups is 1. The molecule has 0 unspecified atom stereocenters. The van der Waals surface area contributed by atoms with Gasteiger partial charge in [-0.2, -0.15) is 0 Å². The van der Waals surface area contributed by atoms with Crippen LogP contribution in [-0.4, -0.2) is 49.5 Å². The second-order valence-corrected chi connectivity index (χ2v) is 7.90. The number of amides is 1. The molecule has 0 fully saturated rings. The first-order chi connectivity index (χ1) is 10.5. The fourth-order valence-corrected chi connectivity index (χ4v) is 2.08. The quantitative estimate of drug-likeness (QED) is 0.724. The van der Waals surface area contributed by atoms with Gasteiger partial charge < -0.3 is 18.9 Å². The monoisotopic (exact) mass is 325 g/mol. The first kappa shape index (κ1) is 20.0. The van der Waals surface area contributed by atoms with E-state index in [1.807, 2.05) is 26.8 Å². The number of carbonyl (C=O) groups excluding carboxylic acids is 1. The summed E-state index contributed by atoms with van der Waals surface area (Å²) < 4.78 is 17.1. The summed E-state index contributed by atoms with van der Waals surface area (Å²) in [5.41, 5.74) is 0.339. The minimum Gasteiger partial charge on any atom is -0.444 e. The molecule has 0 aliphatic carbocycles. The molecular weight excluding hydrogens is 293 g/mol. The van der Waals surface area contributed by atoms with Crippen LogP contribution in [0.15, 0.2) is 11.5 Å². The molecule has 0 aromatic heterocycles. The Balaban J connectivity index is 2.68. The second-order valence-electron chi connectivity index (χ2n) is 7.90. The molecule has 0 saturated heterocycles. The molecule has 1 aliphatic rings. The van der Waals surface area contributed by atoms with Crippen molar-refractivity contribution in [2.24, 2.45) is 5.92 Å². The van der Waals surface area contributed by atoms with Gasteiger partial charge >= 0.3 is 13.2 Å². The number of hydrogen-bond donors (Lipinski definition) is 0. The second kappa shape index (κ2) is 7.71. The summed E-state index contributed by atoms with van der Waals surface area (Å²) in [6.07, 6.45) is 2.47. The average molecular weight is 325 g/mol. The van der Waals surface area contributed by atoms with E-state index in [0.717, 1.165) is 11.9 Å². The Labute approximate surface area is 141 Å². The zero-order valence-corrected chi connectivity index (χ0v) is 15.9. The lowest BCUT2D eigenvalue weighted by molar-refractivity contribution is 0.0248. The van der Waals surface area contributed by atoms with E-state index < -0.39 is 5.60 Å². The molecule has 0 aromatic carbocycles. The van der Waals surface area contributed by atoms with Crippen LogP contribution in [0, 0.1) is 5.92 Å². The third kappa shape index (κ3) is 6.19. The van der Waals surface area contributed by atoms with Crippen LogP contribution in [0.25, 0.3) is 0 Å². The molecule has 23 heavy (non-hydrogen) atoms. The highest BCUT2D eigenvalue weighted by atomic mass is 16.6. The largest absolute Gasteiger partial charge is 0.489 e. The van der Waals surface area contributed by atoms with Crippen molar-refractivity contribution < 1.29 is 18.8 Å². The van der Waals surface area contributed by atoms with Gasteiger partial charge in [-0.25, -0.2) is 4.79 Å². The Bertz CT molecular complexity index is 440. The van der Waals surface area contributed by atoms with E-state index in [1.165, 1.54) is 0 Å². The van der Waals surface area contributed by atoms with Crippen molar-refractivity contribution in [3.63, 3.8) is 0 Å². The molecule has 1 amide bonds. The first-order valence-corrected chi connectivity index (χ1v) is 8.33. The van der Waals surface area contributed by atoms with Crippen molar-refractivity contribution in [3.05, 3.63) is 11.5 Å². The molecule has 132 valence electrons. The van der Waals surface area contributed by atoms with Crippen LogP contribution in [0.4, 0.5) is 4.79 Å². The van der Waals surface area contributed by atoms with Gasteiger partial charge in [0.2, 0.25) is 0 Å². The van der Waals surface area contributed by atoms with E-state index in [0.29, 0.717) is 19.0 Å². The molecule has 0 spiro atoms. The molecule has 0 bridgehead atoms. The molecule has 0 saturated carbocycles. The standard InChI is InChI=1S/C17H32BNO4/c1-13(2)17(6,7)23-18(21-8)14-9-11-19(12-10-14)15(20)22-16(3,4)5/h9,13H,10-12H2,1-8H3. The summed E-state index contributed by atoms with van der Waals surface area (Å²) in [5.74, 6) is 0.377. The lowest BCUT2D eigenvalue weighted by atomic mass is 9.73. The highest BCUT2D eigenvalue weighted by molar-refractivity contribution is 6.53. The minimum absolute atomic E-state index is 0.273. The van der Waals surface area contributed by atoms with E-state index in [-0.39, 0.29) is 18.8 Å². The zero-order chi connectivity index (χ0) is 17.8. The van der Waals surface area contributed by atoms with Crippen LogP contribution in [0.2, 0.25) is 0 Å². The Morgan fingerprint density at radius 1 is 1.26 bits per heavy atom. The Morgan fingerprint density at radius 2 is 1.87 bits per heavy atom. The van der Waals surface area contributed by atoms with Gasteiger partial charge in [-0.15, -0.1) is 0 Å². The lowest BCUT2D eigenvalue weighted by Gasteiger charge is -2.35. The molecule has 1 aliphatic heterocycles. The minimum atomic E-state index is -0.472.